The molecule has 4 heteroatoms. The average Bonchev–Trinajstić information content (AvgIpc) is 2.48. The van der Waals surface area contributed by atoms with E-state index in [0.717, 1.165) is 19.3 Å². The number of nitrogens with two attached hydrogens (primary N) is 1. The molecule has 0 radical (unpaired) electrons. The summed E-state index contributed by atoms with van der Waals surface area (Å²) < 4.78 is 14.0. The van der Waals surface area contributed by atoms with Crippen LogP contribution in [0.1, 0.15) is 57.4 Å². The summed E-state index contributed by atoms with van der Waals surface area (Å²) in [5, 5.41) is 9.60. The van der Waals surface area contributed by atoms with Gasteiger partial charge in [-0.1, -0.05) is 63.6 Å². The molecule has 21 heavy (non-hydrogen) atoms. The van der Waals surface area contributed by atoms with Crippen LogP contribution >= 0.6 is 0 Å². The molecule has 0 saturated heterocycles. The minimum Gasteiger partial charge on any atom is -0.481 e. The van der Waals surface area contributed by atoms with E-state index in [-0.39, 0.29) is 12.1 Å². The fourth-order valence-electron chi connectivity index (χ4n) is 2.71. The number of rotatable bonds is 10. The minimum absolute atomic E-state index is 0.0851. The Morgan fingerprint density at radius 1 is 1.19 bits per heavy atom. The molecule has 0 aromatic heterocycles. The van der Waals surface area contributed by atoms with E-state index in [0.29, 0.717) is 6.42 Å². The first-order chi connectivity index (χ1) is 10.1. The standard InChI is InChI=1S/C17H26FNO2/c1-2-3-4-5-6-9-12-17(13-19,16(20)21)14-10-7-8-11-15(14)18/h7-8,10-11H,2-6,9,12-13,19H2,1H3,(H,20,21). The lowest BCUT2D eigenvalue weighted by Crippen LogP contribution is -2.43. The van der Waals surface area contributed by atoms with Crippen LogP contribution in [0.5, 0.6) is 0 Å². The molecule has 3 nitrogen and oxygen atoms in total. The number of benzene rings is 1. The van der Waals surface area contributed by atoms with Crippen molar-refractivity contribution in [2.24, 2.45) is 5.73 Å². The topological polar surface area (TPSA) is 63.3 Å². The molecule has 0 amide bonds. The SMILES string of the molecule is CCCCCCCCC(CN)(C(=O)O)c1ccccc1F. The van der Waals surface area contributed by atoms with Gasteiger partial charge in [0, 0.05) is 12.1 Å². The Morgan fingerprint density at radius 3 is 2.38 bits per heavy atom. The molecule has 0 heterocycles. The van der Waals surface area contributed by atoms with Gasteiger partial charge >= 0.3 is 5.97 Å². The summed E-state index contributed by atoms with van der Waals surface area (Å²) in [5.74, 6) is -1.53. The first-order valence-corrected chi connectivity index (χ1v) is 7.77. The first-order valence-electron chi connectivity index (χ1n) is 7.77. The fourth-order valence-corrected chi connectivity index (χ4v) is 2.71. The van der Waals surface area contributed by atoms with E-state index in [1.54, 1.807) is 12.1 Å². The van der Waals surface area contributed by atoms with Gasteiger partial charge in [0.1, 0.15) is 11.2 Å². The fraction of sp³-hybridized carbons (Fsp3) is 0.588. The van der Waals surface area contributed by atoms with Gasteiger partial charge in [-0.15, -0.1) is 0 Å². The molecule has 1 rings (SSSR count). The number of unbranched alkanes of at least 4 members (excludes halogenated alkanes) is 5. The second kappa shape index (κ2) is 8.78. The third-order valence-electron chi connectivity index (χ3n) is 4.10. The number of carboxylic acid groups (broad SMARTS) is 1. The van der Waals surface area contributed by atoms with Crippen molar-refractivity contribution in [1.29, 1.82) is 0 Å². The third kappa shape index (κ3) is 4.53. The van der Waals surface area contributed by atoms with Gasteiger partial charge in [-0.25, -0.2) is 4.39 Å². The molecule has 1 atom stereocenters. The summed E-state index contributed by atoms with van der Waals surface area (Å²) in [4.78, 5) is 11.7. The molecule has 0 fully saturated rings. The number of halogens is 1. The van der Waals surface area contributed by atoms with Crippen LogP contribution in [0.15, 0.2) is 24.3 Å². The van der Waals surface area contributed by atoms with Gasteiger partial charge in [-0.2, -0.15) is 0 Å². The monoisotopic (exact) mass is 295 g/mol. The zero-order valence-corrected chi connectivity index (χ0v) is 12.8. The van der Waals surface area contributed by atoms with Crippen LogP contribution < -0.4 is 5.73 Å². The summed E-state index contributed by atoms with van der Waals surface area (Å²) in [6, 6.07) is 6.05. The van der Waals surface area contributed by atoms with E-state index in [2.05, 4.69) is 6.92 Å². The van der Waals surface area contributed by atoms with Crippen molar-refractivity contribution in [3.63, 3.8) is 0 Å². The lowest BCUT2D eigenvalue weighted by Gasteiger charge is -2.29. The van der Waals surface area contributed by atoms with Gasteiger partial charge in [0.15, 0.2) is 0 Å². The van der Waals surface area contributed by atoms with Crippen molar-refractivity contribution in [3.05, 3.63) is 35.6 Å². The van der Waals surface area contributed by atoms with Gasteiger partial charge < -0.3 is 10.8 Å². The smallest absolute Gasteiger partial charge is 0.315 e. The number of hydrogen-bond donors (Lipinski definition) is 2. The summed E-state index contributed by atoms with van der Waals surface area (Å²) >= 11 is 0. The maximum atomic E-state index is 14.0. The number of carboxylic acids is 1. The van der Waals surface area contributed by atoms with Gasteiger partial charge in [0.05, 0.1) is 0 Å². The summed E-state index contributed by atoms with van der Waals surface area (Å²) in [6.07, 6.45) is 6.73. The zero-order valence-electron chi connectivity index (χ0n) is 12.8. The number of aliphatic carboxylic acids is 1. The molecule has 118 valence electrons. The summed E-state index contributed by atoms with van der Waals surface area (Å²) in [5.41, 5.74) is 4.62. The molecule has 3 N–H and O–H groups in total. The highest BCUT2D eigenvalue weighted by atomic mass is 19.1. The van der Waals surface area contributed by atoms with Gasteiger partial charge in [-0.05, 0) is 12.5 Å². The number of carbonyl (C=O) groups is 1. The molecule has 0 aliphatic rings. The Hall–Kier alpha value is -1.42. The second-order valence-corrected chi connectivity index (χ2v) is 5.59. The molecule has 0 aliphatic heterocycles. The van der Waals surface area contributed by atoms with Crippen LogP contribution in [0, 0.1) is 5.82 Å². The average molecular weight is 295 g/mol. The van der Waals surface area contributed by atoms with Crippen molar-refractivity contribution in [2.45, 2.75) is 57.3 Å². The summed E-state index contributed by atoms with van der Waals surface area (Å²) in [7, 11) is 0. The lowest BCUT2D eigenvalue weighted by atomic mass is 9.76. The van der Waals surface area contributed by atoms with E-state index in [4.69, 9.17) is 5.73 Å². The van der Waals surface area contributed by atoms with Crippen LogP contribution in [0.4, 0.5) is 4.39 Å². The van der Waals surface area contributed by atoms with Crippen LogP contribution in [0.25, 0.3) is 0 Å². The largest absolute Gasteiger partial charge is 0.481 e. The highest BCUT2D eigenvalue weighted by molar-refractivity contribution is 5.81. The normalized spacial score (nSPS) is 13.9. The Kier molecular flexibility index (Phi) is 7.37. The molecule has 0 spiro atoms. The molecule has 0 bridgehead atoms. The molecule has 1 unspecified atom stereocenters. The van der Waals surface area contributed by atoms with E-state index < -0.39 is 17.2 Å². The maximum absolute atomic E-state index is 14.0. The van der Waals surface area contributed by atoms with E-state index in [1.165, 1.54) is 31.4 Å². The first kappa shape index (κ1) is 17.6. The molecular weight excluding hydrogens is 269 g/mol. The molecule has 1 aromatic carbocycles. The van der Waals surface area contributed by atoms with Crippen molar-refractivity contribution >= 4 is 5.97 Å². The van der Waals surface area contributed by atoms with E-state index in [9.17, 15) is 14.3 Å². The zero-order chi connectivity index (χ0) is 15.7. The highest BCUT2D eigenvalue weighted by Crippen LogP contribution is 2.32. The van der Waals surface area contributed by atoms with Gasteiger partial charge in [0.25, 0.3) is 0 Å². The van der Waals surface area contributed by atoms with Gasteiger partial charge in [0.2, 0.25) is 0 Å². The molecule has 0 saturated carbocycles. The lowest BCUT2D eigenvalue weighted by molar-refractivity contribution is -0.144. The molecule has 1 aromatic rings. The van der Waals surface area contributed by atoms with Crippen LogP contribution in [-0.2, 0) is 10.2 Å². The summed E-state index contributed by atoms with van der Waals surface area (Å²) in [6.45, 7) is 2.07. The third-order valence-corrected chi connectivity index (χ3v) is 4.10. The maximum Gasteiger partial charge on any atom is 0.315 e. The van der Waals surface area contributed by atoms with Crippen molar-refractivity contribution < 1.29 is 14.3 Å². The van der Waals surface area contributed by atoms with E-state index in [1.807, 2.05) is 0 Å². The molecular formula is C17H26FNO2. The Balaban J connectivity index is 2.76. The number of hydrogen-bond acceptors (Lipinski definition) is 2. The quantitative estimate of drug-likeness (QED) is 0.644. The van der Waals surface area contributed by atoms with Crippen LogP contribution in [0.3, 0.4) is 0 Å². The van der Waals surface area contributed by atoms with Crippen molar-refractivity contribution in [3.8, 4) is 0 Å². The van der Waals surface area contributed by atoms with Crippen molar-refractivity contribution in [1.82, 2.24) is 0 Å². The molecule has 0 aliphatic carbocycles. The Bertz CT molecular complexity index is 450. The van der Waals surface area contributed by atoms with Crippen LogP contribution in [-0.4, -0.2) is 17.6 Å². The second-order valence-electron chi connectivity index (χ2n) is 5.59. The van der Waals surface area contributed by atoms with Crippen molar-refractivity contribution in [2.75, 3.05) is 6.54 Å². The minimum atomic E-state index is -1.31. The van der Waals surface area contributed by atoms with Gasteiger partial charge in [-0.3, -0.25) is 4.79 Å². The Labute approximate surface area is 126 Å². The predicted molar refractivity (Wildman–Crippen MR) is 82.8 cm³/mol. The van der Waals surface area contributed by atoms with Crippen LogP contribution in [0.2, 0.25) is 0 Å². The predicted octanol–water partition coefficient (Wildman–Crippen LogP) is 3.86. The highest BCUT2D eigenvalue weighted by Gasteiger charge is 2.40. The van der Waals surface area contributed by atoms with E-state index >= 15 is 0 Å². The Morgan fingerprint density at radius 2 is 1.81 bits per heavy atom.